The molecular formula is C17H16BrNO4S. The van der Waals surface area contributed by atoms with Crippen LogP contribution in [0.5, 0.6) is 5.75 Å². The van der Waals surface area contributed by atoms with Gasteiger partial charge >= 0.3 is 0 Å². The number of carbonyl (C=O) groups is 1. The molecule has 0 spiro atoms. The lowest BCUT2D eigenvalue weighted by molar-refractivity contribution is 0.0949. The molecule has 7 heteroatoms. The van der Waals surface area contributed by atoms with Gasteiger partial charge in [0, 0.05) is 12.1 Å². The Balaban J connectivity index is 1.90. The third-order valence-electron chi connectivity index (χ3n) is 3.93. The predicted molar refractivity (Wildman–Crippen MR) is 94.5 cm³/mol. The molecule has 2 aromatic carbocycles. The molecule has 0 bridgehead atoms. The van der Waals surface area contributed by atoms with Crippen molar-refractivity contribution in [2.24, 2.45) is 0 Å². The van der Waals surface area contributed by atoms with E-state index in [1.54, 1.807) is 36.4 Å². The Morgan fingerprint density at radius 2 is 1.88 bits per heavy atom. The van der Waals surface area contributed by atoms with Crippen molar-refractivity contribution in [3.05, 3.63) is 63.6 Å². The molecule has 0 unspecified atom stereocenters. The number of Topliss-reactive ketones (excluding diaryl/α,β-unsaturated/α-hetero) is 1. The first-order chi connectivity index (χ1) is 11.4. The number of nitrogens with zero attached hydrogens (tertiary/aromatic N) is 1. The van der Waals surface area contributed by atoms with Gasteiger partial charge in [-0.3, -0.25) is 4.79 Å². The lowest BCUT2D eigenvalue weighted by atomic mass is 10.00. The van der Waals surface area contributed by atoms with Crippen molar-refractivity contribution in [2.75, 3.05) is 13.7 Å². The van der Waals surface area contributed by atoms with Gasteiger partial charge in [-0.1, -0.05) is 30.3 Å². The number of carbonyl (C=O) groups excluding carboxylic acids is 1. The number of methoxy groups -OCH3 is 1. The van der Waals surface area contributed by atoms with Crippen molar-refractivity contribution in [3.63, 3.8) is 0 Å². The summed E-state index contributed by atoms with van der Waals surface area (Å²) in [6, 6.07) is 12.4. The number of halogens is 1. The second-order valence-corrected chi connectivity index (χ2v) is 8.40. The smallest absolute Gasteiger partial charge is 0.219 e. The Kier molecular flexibility index (Phi) is 4.76. The molecule has 24 heavy (non-hydrogen) atoms. The van der Waals surface area contributed by atoms with Crippen LogP contribution in [0.1, 0.15) is 21.5 Å². The molecule has 0 N–H and O–H groups in total. The minimum atomic E-state index is -3.57. The van der Waals surface area contributed by atoms with E-state index in [9.17, 15) is 13.2 Å². The highest BCUT2D eigenvalue weighted by atomic mass is 79.9. The Bertz CT molecular complexity index is 881. The van der Waals surface area contributed by atoms with E-state index in [4.69, 9.17) is 4.74 Å². The van der Waals surface area contributed by atoms with E-state index in [2.05, 4.69) is 15.9 Å². The molecule has 0 aliphatic carbocycles. The number of hydrogen-bond acceptors (Lipinski definition) is 4. The number of benzene rings is 2. The van der Waals surface area contributed by atoms with Crippen molar-refractivity contribution in [1.29, 1.82) is 0 Å². The van der Waals surface area contributed by atoms with Crippen LogP contribution in [0.4, 0.5) is 0 Å². The SMILES string of the molecule is COc1cc2c(cc1Br)CN(S(=O)(=O)Cc1ccccc1)CC2=O. The Morgan fingerprint density at radius 3 is 2.54 bits per heavy atom. The number of fused-ring (bicyclic) bond motifs is 1. The van der Waals surface area contributed by atoms with Crippen LogP contribution in [0.2, 0.25) is 0 Å². The highest BCUT2D eigenvalue weighted by Gasteiger charge is 2.32. The van der Waals surface area contributed by atoms with Crippen molar-refractivity contribution in [3.8, 4) is 5.75 Å². The first-order valence-corrected chi connectivity index (χ1v) is 9.72. The summed E-state index contributed by atoms with van der Waals surface area (Å²) in [4.78, 5) is 12.4. The van der Waals surface area contributed by atoms with Crippen LogP contribution in [-0.2, 0) is 22.3 Å². The molecule has 0 saturated heterocycles. The quantitative estimate of drug-likeness (QED) is 0.778. The fourth-order valence-corrected chi connectivity index (χ4v) is 4.70. The van der Waals surface area contributed by atoms with Crippen LogP contribution >= 0.6 is 15.9 Å². The standard InChI is InChI=1S/C17H16BrNO4S/c1-23-17-8-14-13(7-15(17)18)9-19(10-16(14)20)24(21,22)11-12-5-3-2-4-6-12/h2-8H,9-11H2,1H3. The predicted octanol–water partition coefficient (Wildman–Crippen LogP) is 2.99. The van der Waals surface area contributed by atoms with E-state index in [1.165, 1.54) is 11.4 Å². The average molecular weight is 410 g/mol. The van der Waals surface area contributed by atoms with Crippen molar-refractivity contribution in [2.45, 2.75) is 12.3 Å². The zero-order valence-electron chi connectivity index (χ0n) is 13.0. The lowest BCUT2D eigenvalue weighted by Gasteiger charge is -2.27. The second kappa shape index (κ2) is 6.66. The van der Waals surface area contributed by atoms with E-state index in [0.29, 0.717) is 26.9 Å². The first-order valence-electron chi connectivity index (χ1n) is 7.32. The first kappa shape index (κ1) is 17.1. The summed E-state index contributed by atoms with van der Waals surface area (Å²) < 4.78 is 32.4. The Morgan fingerprint density at radius 1 is 1.17 bits per heavy atom. The zero-order chi connectivity index (χ0) is 17.3. The van der Waals surface area contributed by atoms with Crippen LogP contribution in [0.3, 0.4) is 0 Å². The van der Waals surface area contributed by atoms with Gasteiger partial charge in [0.1, 0.15) is 5.75 Å². The Labute approximate surface area is 149 Å². The summed E-state index contributed by atoms with van der Waals surface area (Å²) in [5, 5.41) is 0. The average Bonchev–Trinajstić information content (AvgIpc) is 2.54. The van der Waals surface area contributed by atoms with Gasteiger partial charge in [0.15, 0.2) is 5.78 Å². The van der Waals surface area contributed by atoms with E-state index in [-0.39, 0.29) is 24.6 Å². The molecule has 0 atom stereocenters. The molecule has 3 rings (SSSR count). The van der Waals surface area contributed by atoms with Gasteiger partial charge in [-0.05, 0) is 39.2 Å². The molecule has 126 valence electrons. The highest BCUT2D eigenvalue weighted by molar-refractivity contribution is 9.10. The van der Waals surface area contributed by atoms with Gasteiger partial charge in [-0.15, -0.1) is 0 Å². The normalized spacial score (nSPS) is 15.2. The molecule has 0 amide bonds. The number of sulfonamides is 1. The molecule has 0 fully saturated rings. The van der Waals surface area contributed by atoms with E-state index >= 15 is 0 Å². The summed E-state index contributed by atoms with van der Waals surface area (Å²) in [5.41, 5.74) is 1.89. The summed E-state index contributed by atoms with van der Waals surface area (Å²) in [7, 11) is -2.05. The molecule has 0 radical (unpaired) electrons. The minimum Gasteiger partial charge on any atom is -0.496 e. The Hall–Kier alpha value is -1.70. The van der Waals surface area contributed by atoms with Crippen LogP contribution < -0.4 is 4.74 Å². The van der Waals surface area contributed by atoms with Gasteiger partial charge < -0.3 is 4.74 Å². The molecule has 0 saturated carbocycles. The van der Waals surface area contributed by atoms with Gasteiger partial charge in [0.2, 0.25) is 10.0 Å². The van der Waals surface area contributed by atoms with Gasteiger partial charge in [0.05, 0.1) is 23.9 Å². The number of rotatable bonds is 4. The maximum atomic E-state index is 12.7. The lowest BCUT2D eigenvalue weighted by Crippen LogP contribution is -2.40. The third kappa shape index (κ3) is 3.38. The zero-order valence-corrected chi connectivity index (χ0v) is 15.4. The minimum absolute atomic E-state index is 0.117. The molecule has 5 nitrogen and oxygen atoms in total. The van der Waals surface area contributed by atoms with Crippen LogP contribution in [-0.4, -0.2) is 32.2 Å². The second-order valence-electron chi connectivity index (χ2n) is 5.58. The summed E-state index contributed by atoms with van der Waals surface area (Å²) in [6.07, 6.45) is 0. The molecule has 1 heterocycles. The van der Waals surface area contributed by atoms with E-state index in [1.807, 2.05) is 6.07 Å². The summed E-state index contributed by atoms with van der Waals surface area (Å²) in [5.74, 6) is 0.217. The van der Waals surface area contributed by atoms with Crippen molar-refractivity contribution >= 4 is 31.7 Å². The number of hydrogen-bond donors (Lipinski definition) is 0. The van der Waals surface area contributed by atoms with E-state index < -0.39 is 10.0 Å². The fourth-order valence-electron chi connectivity index (χ4n) is 2.71. The van der Waals surface area contributed by atoms with Gasteiger partial charge in [-0.2, -0.15) is 4.31 Å². The third-order valence-corrected chi connectivity index (χ3v) is 6.29. The summed E-state index contributed by atoms with van der Waals surface area (Å²) >= 11 is 3.38. The fraction of sp³-hybridized carbons (Fsp3) is 0.235. The highest BCUT2D eigenvalue weighted by Crippen LogP contribution is 2.32. The van der Waals surface area contributed by atoms with Crippen molar-refractivity contribution in [1.82, 2.24) is 4.31 Å². The molecule has 0 aromatic heterocycles. The molecule has 1 aliphatic heterocycles. The molecule has 2 aromatic rings. The van der Waals surface area contributed by atoms with Crippen LogP contribution in [0.15, 0.2) is 46.9 Å². The maximum absolute atomic E-state index is 12.7. The van der Waals surface area contributed by atoms with Gasteiger partial charge in [-0.25, -0.2) is 8.42 Å². The maximum Gasteiger partial charge on any atom is 0.219 e. The number of ether oxygens (including phenoxy) is 1. The topological polar surface area (TPSA) is 63.7 Å². The van der Waals surface area contributed by atoms with Gasteiger partial charge in [0.25, 0.3) is 0 Å². The summed E-state index contributed by atoms with van der Waals surface area (Å²) in [6.45, 7) is 0.0335. The van der Waals surface area contributed by atoms with E-state index in [0.717, 1.165) is 0 Å². The molecular weight excluding hydrogens is 394 g/mol. The number of ketones is 1. The molecule has 1 aliphatic rings. The van der Waals surface area contributed by atoms with Crippen LogP contribution in [0, 0.1) is 0 Å². The van der Waals surface area contributed by atoms with Crippen molar-refractivity contribution < 1.29 is 17.9 Å². The van der Waals surface area contributed by atoms with Crippen LogP contribution in [0.25, 0.3) is 0 Å². The monoisotopic (exact) mass is 409 g/mol. The largest absolute Gasteiger partial charge is 0.496 e.